The van der Waals surface area contributed by atoms with E-state index in [1.165, 1.54) is 12.5 Å². The van der Waals surface area contributed by atoms with Crippen LogP contribution in [0.5, 0.6) is 0 Å². The molecule has 1 unspecified atom stereocenters. The van der Waals surface area contributed by atoms with E-state index in [0.29, 0.717) is 11.3 Å². The SMILES string of the molecule is Cc1occc1C(=O)N(C)C(C)c1ccc(S(C)(=O)=O)cc1. The van der Waals surface area contributed by atoms with Gasteiger partial charge in [0.1, 0.15) is 5.76 Å². The number of benzene rings is 1. The predicted octanol–water partition coefficient (Wildman–Crippen LogP) is 2.82. The third-order valence-electron chi connectivity index (χ3n) is 3.78. The molecule has 2 rings (SSSR count). The topological polar surface area (TPSA) is 67.6 Å². The summed E-state index contributed by atoms with van der Waals surface area (Å²) in [5.74, 6) is 0.447. The number of carbonyl (C=O) groups excluding carboxylic acids is 1. The van der Waals surface area contributed by atoms with Gasteiger partial charge in [0.25, 0.3) is 5.91 Å². The monoisotopic (exact) mass is 321 g/mol. The Hall–Kier alpha value is -2.08. The molecule has 1 heterocycles. The molecule has 0 aliphatic heterocycles. The highest BCUT2D eigenvalue weighted by atomic mass is 32.2. The fraction of sp³-hybridized carbons (Fsp3) is 0.312. The highest BCUT2D eigenvalue weighted by molar-refractivity contribution is 7.90. The second kappa shape index (κ2) is 5.96. The first-order valence-electron chi connectivity index (χ1n) is 6.83. The maximum atomic E-state index is 12.4. The summed E-state index contributed by atoms with van der Waals surface area (Å²) in [6.07, 6.45) is 2.66. The number of nitrogens with zero attached hydrogens (tertiary/aromatic N) is 1. The third kappa shape index (κ3) is 3.22. The zero-order chi connectivity index (χ0) is 16.5. The molecule has 0 spiro atoms. The van der Waals surface area contributed by atoms with Gasteiger partial charge in [-0.15, -0.1) is 0 Å². The summed E-state index contributed by atoms with van der Waals surface area (Å²) in [6, 6.07) is 8.04. The van der Waals surface area contributed by atoms with E-state index in [1.54, 1.807) is 49.2 Å². The number of rotatable bonds is 4. The Morgan fingerprint density at radius 2 is 1.77 bits per heavy atom. The highest BCUT2D eigenvalue weighted by Gasteiger charge is 2.21. The van der Waals surface area contributed by atoms with E-state index in [-0.39, 0.29) is 16.8 Å². The molecule has 1 amide bonds. The van der Waals surface area contributed by atoms with E-state index in [4.69, 9.17) is 4.42 Å². The molecule has 0 aliphatic rings. The molecule has 0 aliphatic carbocycles. The van der Waals surface area contributed by atoms with Gasteiger partial charge in [0, 0.05) is 13.3 Å². The van der Waals surface area contributed by atoms with Gasteiger partial charge in [-0.1, -0.05) is 12.1 Å². The van der Waals surface area contributed by atoms with Crippen LogP contribution in [0.25, 0.3) is 0 Å². The summed E-state index contributed by atoms with van der Waals surface area (Å²) < 4.78 is 28.1. The molecule has 1 atom stereocenters. The number of hydrogen-bond acceptors (Lipinski definition) is 4. The third-order valence-corrected chi connectivity index (χ3v) is 4.91. The zero-order valence-electron chi connectivity index (χ0n) is 13.0. The van der Waals surface area contributed by atoms with Crippen molar-refractivity contribution in [2.45, 2.75) is 24.8 Å². The molecule has 1 aromatic carbocycles. The molecule has 2 aromatic rings. The Labute approximate surface area is 130 Å². The van der Waals surface area contributed by atoms with Crippen LogP contribution in [-0.4, -0.2) is 32.5 Å². The molecule has 0 fully saturated rings. The lowest BCUT2D eigenvalue weighted by Crippen LogP contribution is -2.29. The lowest BCUT2D eigenvalue weighted by molar-refractivity contribution is 0.0741. The van der Waals surface area contributed by atoms with Gasteiger partial charge in [-0.2, -0.15) is 0 Å². The van der Waals surface area contributed by atoms with Crippen molar-refractivity contribution in [1.82, 2.24) is 4.90 Å². The fourth-order valence-corrected chi connectivity index (χ4v) is 2.82. The largest absolute Gasteiger partial charge is 0.469 e. The van der Waals surface area contributed by atoms with E-state index in [2.05, 4.69) is 0 Å². The average molecular weight is 321 g/mol. The van der Waals surface area contributed by atoms with E-state index >= 15 is 0 Å². The van der Waals surface area contributed by atoms with Gasteiger partial charge in [0.2, 0.25) is 0 Å². The van der Waals surface area contributed by atoms with E-state index < -0.39 is 9.84 Å². The van der Waals surface area contributed by atoms with Crippen LogP contribution in [0.2, 0.25) is 0 Å². The van der Waals surface area contributed by atoms with Crippen molar-refractivity contribution in [3.63, 3.8) is 0 Å². The van der Waals surface area contributed by atoms with E-state index in [1.807, 2.05) is 6.92 Å². The Bertz CT molecular complexity index is 775. The molecule has 1 aromatic heterocycles. The van der Waals surface area contributed by atoms with Gasteiger partial charge in [-0.05, 0) is 37.6 Å². The second-order valence-corrected chi connectivity index (χ2v) is 7.34. The van der Waals surface area contributed by atoms with Gasteiger partial charge in [-0.25, -0.2) is 8.42 Å². The van der Waals surface area contributed by atoms with Crippen molar-refractivity contribution in [3.8, 4) is 0 Å². The van der Waals surface area contributed by atoms with Crippen molar-refractivity contribution in [2.24, 2.45) is 0 Å². The van der Waals surface area contributed by atoms with Gasteiger partial charge < -0.3 is 9.32 Å². The molecular weight excluding hydrogens is 302 g/mol. The number of furan rings is 1. The highest BCUT2D eigenvalue weighted by Crippen LogP contribution is 2.23. The standard InChI is InChI=1S/C16H19NO4S/c1-11(13-5-7-14(8-6-13)22(4,19)20)17(3)16(18)15-9-10-21-12(15)2/h5-11H,1-4H3. The summed E-state index contributed by atoms with van der Waals surface area (Å²) >= 11 is 0. The maximum Gasteiger partial charge on any atom is 0.257 e. The van der Waals surface area contributed by atoms with Gasteiger partial charge in [0.15, 0.2) is 9.84 Å². The van der Waals surface area contributed by atoms with Crippen molar-refractivity contribution in [2.75, 3.05) is 13.3 Å². The molecule has 118 valence electrons. The van der Waals surface area contributed by atoms with Gasteiger partial charge >= 0.3 is 0 Å². The van der Waals surface area contributed by atoms with Crippen molar-refractivity contribution in [3.05, 3.63) is 53.5 Å². The molecule has 0 radical (unpaired) electrons. The number of sulfone groups is 1. The van der Waals surface area contributed by atoms with Crippen LogP contribution in [0.4, 0.5) is 0 Å². The lowest BCUT2D eigenvalue weighted by atomic mass is 10.1. The van der Waals surface area contributed by atoms with Crippen LogP contribution < -0.4 is 0 Å². The van der Waals surface area contributed by atoms with Crippen molar-refractivity contribution < 1.29 is 17.6 Å². The van der Waals surface area contributed by atoms with Crippen LogP contribution in [0.3, 0.4) is 0 Å². The summed E-state index contributed by atoms with van der Waals surface area (Å²) in [7, 11) is -1.50. The summed E-state index contributed by atoms with van der Waals surface area (Å²) in [5.41, 5.74) is 1.39. The smallest absolute Gasteiger partial charge is 0.257 e. The van der Waals surface area contributed by atoms with Crippen molar-refractivity contribution in [1.29, 1.82) is 0 Å². The van der Waals surface area contributed by atoms with Crippen LogP contribution in [0.15, 0.2) is 45.9 Å². The summed E-state index contributed by atoms with van der Waals surface area (Å²) in [5, 5.41) is 0. The van der Waals surface area contributed by atoms with E-state index in [0.717, 1.165) is 5.56 Å². The molecule has 0 saturated carbocycles. The number of carbonyl (C=O) groups is 1. The Balaban J connectivity index is 2.22. The molecule has 0 bridgehead atoms. The predicted molar refractivity (Wildman–Crippen MR) is 83.5 cm³/mol. The molecule has 0 N–H and O–H groups in total. The minimum absolute atomic E-state index is 0.133. The van der Waals surface area contributed by atoms with Crippen LogP contribution >= 0.6 is 0 Å². The Kier molecular flexibility index (Phi) is 4.42. The molecular formula is C16H19NO4S. The number of amides is 1. The van der Waals surface area contributed by atoms with Crippen LogP contribution in [-0.2, 0) is 9.84 Å². The molecule has 0 saturated heterocycles. The minimum atomic E-state index is -3.22. The summed E-state index contributed by atoms with van der Waals surface area (Å²) in [6.45, 7) is 3.63. The summed E-state index contributed by atoms with van der Waals surface area (Å²) in [4.78, 5) is 14.3. The number of hydrogen-bond donors (Lipinski definition) is 0. The minimum Gasteiger partial charge on any atom is -0.469 e. The molecule has 22 heavy (non-hydrogen) atoms. The fourth-order valence-electron chi connectivity index (χ4n) is 2.19. The first-order valence-corrected chi connectivity index (χ1v) is 8.72. The quantitative estimate of drug-likeness (QED) is 0.868. The zero-order valence-corrected chi connectivity index (χ0v) is 13.8. The first kappa shape index (κ1) is 16.3. The molecule has 6 heteroatoms. The average Bonchev–Trinajstić information content (AvgIpc) is 2.90. The second-order valence-electron chi connectivity index (χ2n) is 5.32. The molecule has 5 nitrogen and oxygen atoms in total. The normalized spacial score (nSPS) is 12.9. The van der Waals surface area contributed by atoms with Crippen LogP contribution in [0, 0.1) is 6.92 Å². The lowest BCUT2D eigenvalue weighted by Gasteiger charge is -2.25. The Morgan fingerprint density at radius 1 is 1.18 bits per heavy atom. The van der Waals surface area contributed by atoms with Gasteiger partial charge in [0.05, 0.1) is 22.8 Å². The van der Waals surface area contributed by atoms with Crippen molar-refractivity contribution >= 4 is 15.7 Å². The maximum absolute atomic E-state index is 12.4. The Morgan fingerprint density at radius 3 is 2.23 bits per heavy atom. The van der Waals surface area contributed by atoms with Crippen LogP contribution in [0.1, 0.15) is 34.6 Å². The first-order chi connectivity index (χ1) is 10.2. The van der Waals surface area contributed by atoms with Gasteiger partial charge in [-0.3, -0.25) is 4.79 Å². The van der Waals surface area contributed by atoms with E-state index in [9.17, 15) is 13.2 Å². The number of aryl methyl sites for hydroxylation is 1.